The summed E-state index contributed by atoms with van der Waals surface area (Å²) in [6, 6.07) is 7.78. The Kier molecular flexibility index (Phi) is 3.94. The van der Waals surface area contributed by atoms with Gasteiger partial charge >= 0.3 is 0 Å². The summed E-state index contributed by atoms with van der Waals surface area (Å²) in [4.78, 5) is 4.27. The minimum absolute atomic E-state index is 0.300. The van der Waals surface area contributed by atoms with Crippen molar-refractivity contribution >= 4 is 5.82 Å². The molecule has 5 nitrogen and oxygen atoms in total. The number of ether oxygens (including phenoxy) is 2. The Morgan fingerprint density at radius 2 is 2.05 bits per heavy atom. The number of nitrogens with zero attached hydrogens (tertiary/aromatic N) is 2. The number of hydrogen-bond acceptors (Lipinski definition) is 4. The van der Waals surface area contributed by atoms with E-state index in [1.165, 1.54) is 0 Å². The summed E-state index contributed by atoms with van der Waals surface area (Å²) < 4.78 is 12.9. The molecule has 2 N–H and O–H groups in total. The van der Waals surface area contributed by atoms with Gasteiger partial charge in [-0.15, -0.1) is 0 Å². The Balaban J connectivity index is 2.09. The second kappa shape index (κ2) is 5.65. The molecule has 2 rings (SSSR count). The van der Waals surface area contributed by atoms with Crippen molar-refractivity contribution in [2.45, 2.75) is 26.5 Å². The molecule has 0 saturated carbocycles. The minimum Gasteiger partial charge on any atom is -0.497 e. The normalized spacial score (nSPS) is 10.7. The van der Waals surface area contributed by atoms with Gasteiger partial charge in [-0.2, -0.15) is 0 Å². The summed E-state index contributed by atoms with van der Waals surface area (Å²) in [5.74, 6) is 2.84. The average Bonchev–Trinajstić information content (AvgIpc) is 2.78. The van der Waals surface area contributed by atoms with E-state index in [0.29, 0.717) is 18.5 Å². The van der Waals surface area contributed by atoms with E-state index in [1.54, 1.807) is 7.11 Å². The van der Waals surface area contributed by atoms with Crippen LogP contribution in [0.5, 0.6) is 11.5 Å². The predicted molar refractivity (Wildman–Crippen MR) is 74.4 cm³/mol. The Hall–Kier alpha value is -2.17. The lowest BCUT2D eigenvalue weighted by Crippen LogP contribution is -2.08. The second-order valence-corrected chi connectivity index (χ2v) is 4.55. The zero-order valence-corrected chi connectivity index (χ0v) is 11.5. The van der Waals surface area contributed by atoms with Crippen LogP contribution in [0.3, 0.4) is 0 Å². The highest BCUT2D eigenvalue weighted by atomic mass is 16.5. The van der Waals surface area contributed by atoms with Crippen LogP contribution in [0, 0.1) is 0 Å². The van der Waals surface area contributed by atoms with E-state index in [4.69, 9.17) is 15.2 Å². The maximum atomic E-state index is 5.72. The van der Waals surface area contributed by atoms with E-state index >= 15 is 0 Å². The topological polar surface area (TPSA) is 62.3 Å². The maximum Gasteiger partial charge on any atom is 0.149 e. The fraction of sp³-hybridized carbons (Fsp3) is 0.357. The molecule has 0 amide bonds. The van der Waals surface area contributed by atoms with Gasteiger partial charge in [0.25, 0.3) is 0 Å². The summed E-state index contributed by atoms with van der Waals surface area (Å²) in [5.41, 5.74) is 5.72. The quantitative estimate of drug-likeness (QED) is 0.898. The lowest BCUT2D eigenvalue weighted by Gasteiger charge is -2.12. The molecule has 0 aliphatic carbocycles. The first-order valence-electron chi connectivity index (χ1n) is 6.20. The number of imidazole rings is 1. The molecule has 1 aromatic carbocycles. The zero-order valence-electron chi connectivity index (χ0n) is 11.5. The number of benzene rings is 1. The van der Waals surface area contributed by atoms with Gasteiger partial charge in [0.15, 0.2) is 0 Å². The van der Waals surface area contributed by atoms with Crippen molar-refractivity contribution in [2.75, 3.05) is 12.8 Å². The summed E-state index contributed by atoms with van der Waals surface area (Å²) in [6.07, 6.45) is 1.83. The molecule has 2 aromatic rings. The van der Waals surface area contributed by atoms with E-state index in [-0.39, 0.29) is 0 Å². The van der Waals surface area contributed by atoms with E-state index in [1.807, 2.05) is 35.0 Å². The highest BCUT2D eigenvalue weighted by Gasteiger charge is 2.09. The van der Waals surface area contributed by atoms with Crippen molar-refractivity contribution in [1.29, 1.82) is 0 Å². The van der Waals surface area contributed by atoms with Crippen LogP contribution in [0.1, 0.15) is 25.7 Å². The lowest BCUT2D eigenvalue weighted by molar-refractivity contribution is 0.284. The Bertz CT molecular complexity index is 549. The number of aromatic nitrogens is 2. The summed E-state index contributed by atoms with van der Waals surface area (Å²) in [7, 11) is 1.63. The monoisotopic (exact) mass is 261 g/mol. The van der Waals surface area contributed by atoms with E-state index < -0.39 is 0 Å². The zero-order chi connectivity index (χ0) is 13.8. The van der Waals surface area contributed by atoms with Crippen molar-refractivity contribution in [2.24, 2.45) is 0 Å². The third-order valence-corrected chi connectivity index (χ3v) is 2.79. The van der Waals surface area contributed by atoms with Gasteiger partial charge in [0.2, 0.25) is 0 Å². The number of nitrogen functional groups attached to an aromatic ring is 1. The first-order valence-corrected chi connectivity index (χ1v) is 6.20. The third kappa shape index (κ3) is 3.19. The van der Waals surface area contributed by atoms with Gasteiger partial charge in [-0.1, -0.05) is 6.07 Å². The van der Waals surface area contributed by atoms with Crippen LogP contribution in [0.4, 0.5) is 5.82 Å². The molecule has 1 heterocycles. The Morgan fingerprint density at radius 3 is 2.74 bits per heavy atom. The fourth-order valence-corrected chi connectivity index (χ4v) is 1.85. The van der Waals surface area contributed by atoms with Gasteiger partial charge in [-0.05, 0) is 26.0 Å². The van der Waals surface area contributed by atoms with Crippen molar-refractivity contribution < 1.29 is 9.47 Å². The molecule has 0 bridgehead atoms. The van der Waals surface area contributed by atoms with Gasteiger partial charge in [0, 0.05) is 18.3 Å². The highest BCUT2D eigenvalue weighted by Crippen LogP contribution is 2.20. The molecular formula is C14H19N3O2. The second-order valence-electron chi connectivity index (χ2n) is 4.55. The molecule has 0 aliphatic heterocycles. The molecule has 102 valence electrons. The average molecular weight is 261 g/mol. The number of anilines is 1. The smallest absolute Gasteiger partial charge is 0.149 e. The van der Waals surface area contributed by atoms with Gasteiger partial charge < -0.3 is 19.8 Å². The van der Waals surface area contributed by atoms with E-state index in [0.717, 1.165) is 17.3 Å². The van der Waals surface area contributed by atoms with Crippen LogP contribution in [-0.4, -0.2) is 16.7 Å². The third-order valence-electron chi connectivity index (χ3n) is 2.79. The summed E-state index contributed by atoms with van der Waals surface area (Å²) in [6.45, 7) is 4.54. The summed E-state index contributed by atoms with van der Waals surface area (Å²) in [5, 5.41) is 0. The van der Waals surface area contributed by atoms with Crippen molar-refractivity contribution in [3.63, 3.8) is 0 Å². The van der Waals surface area contributed by atoms with Crippen LogP contribution in [-0.2, 0) is 6.61 Å². The molecule has 0 radical (unpaired) electrons. The molecule has 0 fully saturated rings. The van der Waals surface area contributed by atoms with Gasteiger partial charge in [0.05, 0.1) is 7.11 Å². The van der Waals surface area contributed by atoms with Crippen LogP contribution < -0.4 is 15.2 Å². The molecular weight excluding hydrogens is 242 g/mol. The lowest BCUT2D eigenvalue weighted by atomic mass is 10.3. The number of methoxy groups -OCH3 is 1. The van der Waals surface area contributed by atoms with Gasteiger partial charge in [-0.25, -0.2) is 4.98 Å². The number of rotatable bonds is 5. The van der Waals surface area contributed by atoms with Crippen LogP contribution in [0.25, 0.3) is 0 Å². The molecule has 0 atom stereocenters. The Morgan fingerprint density at radius 1 is 1.32 bits per heavy atom. The van der Waals surface area contributed by atoms with Crippen LogP contribution in [0.15, 0.2) is 30.5 Å². The molecule has 0 spiro atoms. The van der Waals surface area contributed by atoms with Crippen LogP contribution in [0.2, 0.25) is 0 Å². The largest absolute Gasteiger partial charge is 0.497 e. The highest BCUT2D eigenvalue weighted by molar-refractivity contribution is 5.33. The van der Waals surface area contributed by atoms with Crippen molar-refractivity contribution in [1.82, 2.24) is 9.55 Å². The fourth-order valence-electron chi connectivity index (χ4n) is 1.85. The Labute approximate surface area is 113 Å². The molecule has 0 saturated heterocycles. The SMILES string of the molecule is COc1cccc(OCc2nc(N)cn2C(C)C)c1. The van der Waals surface area contributed by atoms with E-state index in [2.05, 4.69) is 18.8 Å². The molecule has 0 unspecified atom stereocenters. The molecule has 0 aliphatic rings. The van der Waals surface area contributed by atoms with Gasteiger partial charge in [0.1, 0.15) is 29.7 Å². The number of hydrogen-bond donors (Lipinski definition) is 1. The molecule has 1 aromatic heterocycles. The molecule has 5 heteroatoms. The number of nitrogens with two attached hydrogens (primary N) is 1. The van der Waals surface area contributed by atoms with Crippen LogP contribution >= 0.6 is 0 Å². The van der Waals surface area contributed by atoms with E-state index in [9.17, 15) is 0 Å². The summed E-state index contributed by atoms with van der Waals surface area (Å²) >= 11 is 0. The first kappa shape index (κ1) is 13.3. The first-order chi connectivity index (χ1) is 9.10. The molecule has 19 heavy (non-hydrogen) atoms. The standard InChI is InChI=1S/C14H19N3O2/c1-10(2)17-8-13(15)16-14(17)9-19-12-6-4-5-11(7-12)18-3/h4-8,10H,9,15H2,1-3H3. The maximum absolute atomic E-state index is 5.72. The van der Waals surface area contributed by atoms with Gasteiger partial charge in [-0.3, -0.25) is 0 Å². The van der Waals surface area contributed by atoms with Crippen molar-refractivity contribution in [3.05, 3.63) is 36.3 Å². The predicted octanol–water partition coefficient (Wildman–Crippen LogP) is 2.63. The minimum atomic E-state index is 0.300. The van der Waals surface area contributed by atoms with Crippen molar-refractivity contribution in [3.8, 4) is 11.5 Å².